The molecule has 1 aromatic carbocycles. The zero-order chi connectivity index (χ0) is 22.9. The molecular formula is C20H22ClFN6O3. The number of nitrogens with one attached hydrogen (secondary N) is 1. The number of hydrogen-bond donors (Lipinski definition) is 1. The van der Waals surface area contributed by atoms with Gasteiger partial charge in [0.2, 0.25) is 0 Å². The van der Waals surface area contributed by atoms with Crippen LogP contribution in [0.1, 0.15) is 42.0 Å². The van der Waals surface area contributed by atoms with Crippen LogP contribution >= 0.6 is 11.6 Å². The van der Waals surface area contributed by atoms with E-state index in [1.807, 2.05) is 0 Å². The predicted octanol–water partition coefficient (Wildman–Crippen LogP) is 4.34. The van der Waals surface area contributed by atoms with E-state index in [1.165, 1.54) is 22.9 Å². The van der Waals surface area contributed by atoms with Gasteiger partial charge in [-0.1, -0.05) is 24.6 Å². The maximum absolute atomic E-state index is 13.3. The normalized spacial score (nSPS) is 12.1. The van der Waals surface area contributed by atoms with Crippen LogP contribution in [-0.2, 0) is 11.3 Å². The first-order valence-corrected chi connectivity index (χ1v) is 9.99. The predicted molar refractivity (Wildman–Crippen MR) is 114 cm³/mol. The molecule has 0 spiro atoms. The molecule has 0 saturated carbocycles. The van der Waals surface area contributed by atoms with Crippen molar-refractivity contribution in [2.45, 2.75) is 46.7 Å². The fourth-order valence-corrected chi connectivity index (χ4v) is 3.62. The monoisotopic (exact) mass is 448 g/mol. The second kappa shape index (κ2) is 8.84. The molecule has 31 heavy (non-hydrogen) atoms. The molecule has 2 aromatic heterocycles. The Morgan fingerprint density at radius 1 is 1.29 bits per heavy atom. The average molecular weight is 449 g/mol. The Labute approximate surface area is 183 Å². The van der Waals surface area contributed by atoms with Crippen molar-refractivity contribution in [3.05, 3.63) is 67.9 Å². The van der Waals surface area contributed by atoms with Crippen LogP contribution in [0.3, 0.4) is 0 Å². The molecule has 9 nitrogen and oxygen atoms in total. The fraction of sp³-hybridized carbons (Fsp3) is 0.350. The first-order valence-electron chi connectivity index (χ1n) is 9.61. The van der Waals surface area contributed by atoms with Gasteiger partial charge in [0.25, 0.3) is 5.91 Å². The van der Waals surface area contributed by atoms with Crippen LogP contribution in [0.4, 0.5) is 15.9 Å². The summed E-state index contributed by atoms with van der Waals surface area (Å²) >= 11 is 6.12. The SMILES string of the molecule is CCC(C(=O)Nc1c(C)nn(Cc2ccc(F)cc2Cl)c1C)n1nc([N+](=O)[O-])cc1C. The topological polar surface area (TPSA) is 108 Å². The van der Waals surface area contributed by atoms with Gasteiger partial charge in [0.1, 0.15) is 5.82 Å². The molecule has 0 aliphatic carbocycles. The molecule has 0 radical (unpaired) electrons. The molecule has 0 saturated heterocycles. The minimum Gasteiger partial charge on any atom is -0.358 e. The highest BCUT2D eigenvalue weighted by atomic mass is 35.5. The van der Waals surface area contributed by atoms with Gasteiger partial charge in [-0.05, 0) is 49.8 Å². The van der Waals surface area contributed by atoms with E-state index < -0.39 is 16.8 Å². The molecule has 1 atom stereocenters. The van der Waals surface area contributed by atoms with E-state index in [-0.39, 0.29) is 11.7 Å². The second-order valence-corrected chi connectivity index (χ2v) is 7.61. The van der Waals surface area contributed by atoms with Crippen molar-refractivity contribution < 1.29 is 14.1 Å². The molecule has 1 amide bonds. The Bertz CT molecular complexity index is 1160. The molecule has 11 heteroatoms. The van der Waals surface area contributed by atoms with Crippen LogP contribution in [0.5, 0.6) is 0 Å². The van der Waals surface area contributed by atoms with Crippen LogP contribution in [0.15, 0.2) is 24.3 Å². The Kier molecular flexibility index (Phi) is 6.40. The van der Waals surface area contributed by atoms with Gasteiger partial charge >= 0.3 is 5.82 Å². The first kappa shape index (κ1) is 22.4. The minimum absolute atomic E-state index is 0.292. The lowest BCUT2D eigenvalue weighted by Gasteiger charge is -2.14. The van der Waals surface area contributed by atoms with Crippen molar-refractivity contribution >= 4 is 29.0 Å². The molecule has 2 heterocycles. The van der Waals surface area contributed by atoms with Crippen molar-refractivity contribution in [3.63, 3.8) is 0 Å². The summed E-state index contributed by atoms with van der Waals surface area (Å²) in [6, 6.07) is 4.77. The van der Waals surface area contributed by atoms with Crippen LogP contribution in [0.2, 0.25) is 5.02 Å². The maximum atomic E-state index is 13.3. The molecule has 3 aromatic rings. The number of hydrogen-bond acceptors (Lipinski definition) is 5. The number of amides is 1. The third-order valence-electron chi connectivity index (χ3n) is 5.05. The highest BCUT2D eigenvalue weighted by Gasteiger charge is 2.28. The molecule has 1 unspecified atom stereocenters. The summed E-state index contributed by atoms with van der Waals surface area (Å²) in [4.78, 5) is 23.4. The second-order valence-electron chi connectivity index (χ2n) is 7.20. The number of anilines is 1. The molecule has 1 N–H and O–H groups in total. The number of benzene rings is 1. The minimum atomic E-state index is -0.720. The number of nitro groups is 1. The van der Waals surface area contributed by atoms with Crippen molar-refractivity contribution in [3.8, 4) is 0 Å². The number of halogens is 2. The highest BCUT2D eigenvalue weighted by molar-refractivity contribution is 6.31. The summed E-state index contributed by atoms with van der Waals surface area (Å²) in [6.07, 6.45) is 0.392. The Morgan fingerprint density at radius 2 is 2.00 bits per heavy atom. The van der Waals surface area contributed by atoms with E-state index in [4.69, 9.17) is 11.6 Å². The van der Waals surface area contributed by atoms with Gasteiger partial charge < -0.3 is 15.4 Å². The van der Waals surface area contributed by atoms with Crippen LogP contribution in [0.25, 0.3) is 0 Å². The highest BCUT2D eigenvalue weighted by Crippen LogP contribution is 2.26. The maximum Gasteiger partial charge on any atom is 0.390 e. The van der Waals surface area contributed by atoms with E-state index in [0.29, 0.717) is 46.3 Å². The van der Waals surface area contributed by atoms with Gasteiger partial charge in [0.15, 0.2) is 6.04 Å². The third kappa shape index (κ3) is 4.58. The summed E-state index contributed by atoms with van der Waals surface area (Å²) in [6.45, 7) is 7.34. The average Bonchev–Trinajstić information content (AvgIpc) is 3.20. The number of carbonyl (C=O) groups excluding carboxylic acids is 1. The van der Waals surface area contributed by atoms with Crippen molar-refractivity contribution in [1.29, 1.82) is 0 Å². The zero-order valence-electron chi connectivity index (χ0n) is 17.5. The molecule has 0 bridgehead atoms. The largest absolute Gasteiger partial charge is 0.390 e. The number of carbonyl (C=O) groups is 1. The molecule has 0 aliphatic heterocycles. The van der Waals surface area contributed by atoms with Gasteiger partial charge in [-0.3, -0.25) is 9.48 Å². The smallest absolute Gasteiger partial charge is 0.358 e. The van der Waals surface area contributed by atoms with Crippen LogP contribution in [-0.4, -0.2) is 30.4 Å². The van der Waals surface area contributed by atoms with Gasteiger partial charge in [-0.2, -0.15) is 9.78 Å². The lowest BCUT2D eigenvalue weighted by molar-refractivity contribution is -0.389. The van der Waals surface area contributed by atoms with E-state index in [1.54, 1.807) is 38.4 Å². The molecular weight excluding hydrogens is 427 g/mol. The zero-order valence-corrected chi connectivity index (χ0v) is 18.3. The lowest BCUT2D eigenvalue weighted by atomic mass is 10.2. The lowest BCUT2D eigenvalue weighted by Crippen LogP contribution is -2.27. The fourth-order valence-electron chi connectivity index (χ4n) is 3.39. The number of rotatable bonds is 7. The summed E-state index contributed by atoms with van der Waals surface area (Å²) in [7, 11) is 0. The van der Waals surface area contributed by atoms with E-state index in [2.05, 4.69) is 15.5 Å². The van der Waals surface area contributed by atoms with Gasteiger partial charge in [-0.25, -0.2) is 4.39 Å². The Hall–Kier alpha value is -3.27. The number of aromatic nitrogens is 4. The van der Waals surface area contributed by atoms with Crippen molar-refractivity contribution in [2.24, 2.45) is 0 Å². The van der Waals surface area contributed by atoms with Crippen molar-refractivity contribution in [2.75, 3.05) is 5.32 Å². The third-order valence-corrected chi connectivity index (χ3v) is 5.40. The van der Waals surface area contributed by atoms with Gasteiger partial charge in [0.05, 0.1) is 40.5 Å². The van der Waals surface area contributed by atoms with Crippen molar-refractivity contribution in [1.82, 2.24) is 19.6 Å². The van der Waals surface area contributed by atoms with E-state index in [0.717, 1.165) is 0 Å². The summed E-state index contributed by atoms with van der Waals surface area (Å²) in [5.41, 5.74) is 3.05. The summed E-state index contributed by atoms with van der Waals surface area (Å²) in [5.74, 6) is -1.08. The van der Waals surface area contributed by atoms with Crippen LogP contribution in [0, 0.1) is 36.7 Å². The summed E-state index contributed by atoms with van der Waals surface area (Å²) in [5, 5.41) is 22.6. The quantitative estimate of drug-likeness (QED) is 0.427. The van der Waals surface area contributed by atoms with Gasteiger partial charge in [0, 0.05) is 5.02 Å². The molecule has 0 fully saturated rings. The number of aryl methyl sites for hydroxylation is 2. The summed E-state index contributed by atoms with van der Waals surface area (Å²) < 4.78 is 16.3. The Balaban J connectivity index is 1.85. The Morgan fingerprint density at radius 3 is 2.58 bits per heavy atom. The molecule has 3 rings (SSSR count). The van der Waals surface area contributed by atoms with E-state index in [9.17, 15) is 19.3 Å². The van der Waals surface area contributed by atoms with E-state index >= 15 is 0 Å². The number of nitrogens with zero attached hydrogens (tertiary/aromatic N) is 5. The standard InChI is InChI=1S/C20H22ClFN6O3/c1-5-17(27-11(2)8-18(25-27)28(30)31)20(29)23-19-12(3)24-26(13(19)4)10-14-6-7-15(22)9-16(14)21/h6-9,17H,5,10H2,1-4H3,(H,23,29). The molecule has 164 valence electrons. The van der Waals surface area contributed by atoms with Crippen LogP contribution < -0.4 is 5.32 Å². The molecule has 0 aliphatic rings. The van der Waals surface area contributed by atoms with Gasteiger partial charge in [-0.15, -0.1) is 0 Å². The first-order chi connectivity index (χ1) is 14.6.